The number of rotatable bonds is 10. The molecule has 0 bridgehead atoms. The molecule has 0 aliphatic heterocycles. The van der Waals surface area contributed by atoms with Crippen LogP contribution in [0.3, 0.4) is 0 Å². The number of benzene rings is 2. The van der Waals surface area contributed by atoms with Crippen molar-refractivity contribution in [1.82, 2.24) is 0 Å². The zero-order valence-electron chi connectivity index (χ0n) is 14.5. The molecule has 1 N–H and O–H groups in total. The molecule has 0 aromatic heterocycles. The monoisotopic (exact) mass is 361 g/mol. The first kappa shape index (κ1) is 19.1. The number of esters is 1. The minimum absolute atomic E-state index is 0.334. The van der Waals surface area contributed by atoms with Gasteiger partial charge in [0.05, 0.1) is 19.3 Å². The molecule has 4 nitrogen and oxygen atoms in total. The summed E-state index contributed by atoms with van der Waals surface area (Å²) in [6, 6.07) is 14.8. The van der Waals surface area contributed by atoms with Gasteiger partial charge in [-0.3, -0.25) is 0 Å². The minimum atomic E-state index is -0.334. The molecule has 25 heavy (non-hydrogen) atoms. The molecule has 2 aromatic rings. The Labute approximate surface area is 154 Å². The Balaban J connectivity index is 1.52. The van der Waals surface area contributed by atoms with Gasteiger partial charge in [-0.15, -0.1) is 0 Å². The molecule has 2 rings (SSSR count). The van der Waals surface area contributed by atoms with Crippen molar-refractivity contribution in [3.05, 3.63) is 59.1 Å². The van der Waals surface area contributed by atoms with E-state index < -0.39 is 0 Å². The first-order chi connectivity index (χ1) is 12.2. The standard InChI is InChI=1S/C20H24ClNO3/c1-24-20(23)16-6-12-19(13-7-16)25-15-5-3-2-4-14-22-18-10-8-17(21)9-11-18/h6-13,22H,2-5,14-15H2,1H3. The highest BCUT2D eigenvalue weighted by Crippen LogP contribution is 2.15. The van der Waals surface area contributed by atoms with Crippen molar-refractivity contribution in [3.63, 3.8) is 0 Å². The number of unbranched alkanes of at least 4 members (excludes halogenated alkanes) is 3. The van der Waals surface area contributed by atoms with Gasteiger partial charge in [0.25, 0.3) is 0 Å². The van der Waals surface area contributed by atoms with E-state index in [0.29, 0.717) is 12.2 Å². The van der Waals surface area contributed by atoms with Crippen LogP contribution >= 0.6 is 11.6 Å². The lowest BCUT2D eigenvalue weighted by molar-refractivity contribution is 0.0600. The van der Waals surface area contributed by atoms with Crippen molar-refractivity contribution in [2.45, 2.75) is 25.7 Å². The van der Waals surface area contributed by atoms with Crippen LogP contribution < -0.4 is 10.1 Å². The van der Waals surface area contributed by atoms with Gasteiger partial charge in [0.15, 0.2) is 0 Å². The number of carbonyl (C=O) groups is 1. The predicted octanol–water partition coefficient (Wildman–Crippen LogP) is 5.18. The van der Waals surface area contributed by atoms with Gasteiger partial charge < -0.3 is 14.8 Å². The Morgan fingerprint density at radius 3 is 2.32 bits per heavy atom. The van der Waals surface area contributed by atoms with Gasteiger partial charge in [-0.2, -0.15) is 0 Å². The van der Waals surface area contributed by atoms with Gasteiger partial charge in [-0.1, -0.05) is 24.4 Å². The van der Waals surface area contributed by atoms with Gasteiger partial charge in [0.1, 0.15) is 5.75 Å². The zero-order chi connectivity index (χ0) is 17.9. The van der Waals surface area contributed by atoms with Crippen LogP contribution in [0.4, 0.5) is 5.69 Å². The second-order valence-corrected chi connectivity index (χ2v) is 6.15. The second kappa shape index (κ2) is 10.6. The van der Waals surface area contributed by atoms with Crippen LogP contribution in [0.15, 0.2) is 48.5 Å². The maximum absolute atomic E-state index is 11.3. The molecule has 0 saturated carbocycles. The molecule has 0 aliphatic rings. The molecule has 134 valence electrons. The predicted molar refractivity (Wildman–Crippen MR) is 102 cm³/mol. The highest BCUT2D eigenvalue weighted by Gasteiger charge is 2.04. The van der Waals surface area contributed by atoms with Crippen LogP contribution in [0, 0.1) is 0 Å². The Hall–Kier alpha value is -2.20. The van der Waals surface area contributed by atoms with Crippen LogP contribution in [0.1, 0.15) is 36.0 Å². The number of ether oxygens (including phenoxy) is 2. The van der Waals surface area contributed by atoms with Crippen LogP contribution in [0.2, 0.25) is 5.02 Å². The normalized spacial score (nSPS) is 10.3. The molecule has 5 heteroatoms. The highest BCUT2D eigenvalue weighted by molar-refractivity contribution is 6.30. The van der Waals surface area contributed by atoms with E-state index >= 15 is 0 Å². The largest absolute Gasteiger partial charge is 0.494 e. The Kier molecular flexibility index (Phi) is 8.13. The summed E-state index contributed by atoms with van der Waals surface area (Å²) in [5.41, 5.74) is 1.63. The fourth-order valence-electron chi connectivity index (χ4n) is 2.38. The average molecular weight is 362 g/mol. The number of nitrogens with one attached hydrogen (secondary N) is 1. The first-order valence-electron chi connectivity index (χ1n) is 8.49. The van der Waals surface area contributed by atoms with E-state index in [4.69, 9.17) is 16.3 Å². The van der Waals surface area contributed by atoms with Crippen LogP contribution in [0.5, 0.6) is 5.75 Å². The molecule has 0 amide bonds. The molecule has 0 atom stereocenters. The van der Waals surface area contributed by atoms with E-state index in [2.05, 4.69) is 10.1 Å². The molecular weight excluding hydrogens is 338 g/mol. The molecule has 0 saturated heterocycles. The number of hydrogen-bond acceptors (Lipinski definition) is 4. The zero-order valence-corrected chi connectivity index (χ0v) is 15.2. The van der Waals surface area contributed by atoms with E-state index in [1.165, 1.54) is 7.11 Å². The third kappa shape index (κ3) is 7.06. The topological polar surface area (TPSA) is 47.6 Å². The molecule has 0 heterocycles. The van der Waals surface area contributed by atoms with Gasteiger partial charge in [-0.05, 0) is 61.4 Å². The van der Waals surface area contributed by atoms with Gasteiger partial charge >= 0.3 is 5.97 Å². The first-order valence-corrected chi connectivity index (χ1v) is 8.87. The summed E-state index contributed by atoms with van der Waals surface area (Å²) in [6.45, 7) is 1.64. The van der Waals surface area contributed by atoms with E-state index in [0.717, 1.165) is 48.7 Å². The maximum atomic E-state index is 11.3. The molecule has 0 radical (unpaired) electrons. The summed E-state index contributed by atoms with van der Waals surface area (Å²) >= 11 is 5.86. The third-order valence-corrected chi connectivity index (χ3v) is 4.04. The number of carbonyl (C=O) groups excluding carboxylic acids is 1. The van der Waals surface area contributed by atoms with Crippen molar-refractivity contribution < 1.29 is 14.3 Å². The highest BCUT2D eigenvalue weighted by atomic mass is 35.5. The summed E-state index contributed by atoms with van der Waals surface area (Å²) in [4.78, 5) is 11.3. The molecule has 0 unspecified atom stereocenters. The van der Waals surface area contributed by atoms with Gasteiger partial charge in [0.2, 0.25) is 0 Å². The van der Waals surface area contributed by atoms with Crippen molar-refractivity contribution in [2.75, 3.05) is 25.6 Å². The molecule has 0 spiro atoms. The lowest BCUT2D eigenvalue weighted by Gasteiger charge is -2.08. The summed E-state index contributed by atoms with van der Waals surface area (Å²) in [7, 11) is 1.37. The molecule has 0 fully saturated rings. The Morgan fingerprint density at radius 1 is 0.960 bits per heavy atom. The summed E-state index contributed by atoms with van der Waals surface area (Å²) in [5.74, 6) is 0.441. The van der Waals surface area contributed by atoms with Crippen LogP contribution in [-0.2, 0) is 4.74 Å². The van der Waals surface area contributed by atoms with E-state index in [1.807, 2.05) is 24.3 Å². The summed E-state index contributed by atoms with van der Waals surface area (Å²) in [5, 5.41) is 4.14. The maximum Gasteiger partial charge on any atom is 0.337 e. The van der Waals surface area contributed by atoms with Crippen LogP contribution in [0.25, 0.3) is 0 Å². The Bertz CT molecular complexity index is 641. The van der Waals surface area contributed by atoms with Crippen molar-refractivity contribution in [3.8, 4) is 5.75 Å². The van der Waals surface area contributed by atoms with Crippen molar-refractivity contribution >= 4 is 23.3 Å². The van der Waals surface area contributed by atoms with E-state index in [1.54, 1.807) is 24.3 Å². The SMILES string of the molecule is COC(=O)c1ccc(OCCCCCCNc2ccc(Cl)cc2)cc1. The van der Waals surface area contributed by atoms with Gasteiger partial charge in [-0.25, -0.2) is 4.79 Å². The van der Waals surface area contributed by atoms with E-state index in [9.17, 15) is 4.79 Å². The molecular formula is C20H24ClNO3. The second-order valence-electron chi connectivity index (χ2n) is 5.71. The minimum Gasteiger partial charge on any atom is -0.494 e. The fraction of sp³-hybridized carbons (Fsp3) is 0.350. The van der Waals surface area contributed by atoms with Gasteiger partial charge in [0, 0.05) is 17.3 Å². The van der Waals surface area contributed by atoms with E-state index in [-0.39, 0.29) is 5.97 Å². The quantitative estimate of drug-likeness (QED) is 0.468. The summed E-state index contributed by atoms with van der Waals surface area (Å²) < 4.78 is 10.3. The fourth-order valence-corrected chi connectivity index (χ4v) is 2.50. The lowest BCUT2D eigenvalue weighted by Crippen LogP contribution is -2.03. The Morgan fingerprint density at radius 2 is 1.64 bits per heavy atom. The number of hydrogen-bond donors (Lipinski definition) is 1. The third-order valence-electron chi connectivity index (χ3n) is 3.79. The molecule has 2 aromatic carbocycles. The average Bonchev–Trinajstić information content (AvgIpc) is 2.65. The van der Waals surface area contributed by atoms with Crippen molar-refractivity contribution in [2.24, 2.45) is 0 Å². The smallest absolute Gasteiger partial charge is 0.337 e. The molecule has 0 aliphatic carbocycles. The number of halogens is 1. The lowest BCUT2D eigenvalue weighted by atomic mass is 10.2. The van der Waals surface area contributed by atoms with Crippen molar-refractivity contribution in [1.29, 1.82) is 0 Å². The number of methoxy groups -OCH3 is 1. The summed E-state index contributed by atoms with van der Waals surface area (Å²) in [6.07, 6.45) is 4.42. The van der Waals surface area contributed by atoms with Crippen LogP contribution in [-0.4, -0.2) is 26.2 Å². The number of anilines is 1.